The number of rotatable bonds is 6. The molecule has 6 nitrogen and oxygen atoms in total. The van der Waals surface area contributed by atoms with Crippen molar-refractivity contribution in [2.75, 3.05) is 17.2 Å². The van der Waals surface area contributed by atoms with Gasteiger partial charge in [0.05, 0.1) is 0 Å². The highest BCUT2D eigenvalue weighted by atomic mass is 16.6. The van der Waals surface area contributed by atoms with Gasteiger partial charge in [0.15, 0.2) is 5.82 Å². The van der Waals surface area contributed by atoms with Crippen LogP contribution in [-0.4, -0.2) is 28.4 Å². The van der Waals surface area contributed by atoms with Crippen molar-refractivity contribution in [3.05, 3.63) is 48.0 Å². The summed E-state index contributed by atoms with van der Waals surface area (Å²) >= 11 is 0. The number of nitrogens with one attached hydrogen (secondary N) is 2. The first-order valence-corrected chi connectivity index (χ1v) is 8.04. The van der Waals surface area contributed by atoms with Gasteiger partial charge in [-0.05, 0) is 51.3 Å². The van der Waals surface area contributed by atoms with Crippen molar-refractivity contribution in [1.29, 1.82) is 0 Å². The second-order valence-electron chi connectivity index (χ2n) is 6.45. The molecule has 0 spiro atoms. The number of benzene rings is 1. The van der Waals surface area contributed by atoms with Gasteiger partial charge in [-0.3, -0.25) is 5.32 Å². The largest absolute Gasteiger partial charge is 0.444 e. The van der Waals surface area contributed by atoms with E-state index in [0.717, 1.165) is 19.4 Å². The lowest BCUT2D eigenvalue weighted by atomic mass is 10.1. The van der Waals surface area contributed by atoms with E-state index in [1.807, 2.05) is 18.2 Å². The zero-order valence-electron chi connectivity index (χ0n) is 14.4. The third-order valence-corrected chi connectivity index (χ3v) is 3.08. The number of aryl methyl sites for hydroxylation is 1. The Labute approximate surface area is 142 Å². The summed E-state index contributed by atoms with van der Waals surface area (Å²) in [6, 6.07) is 13.8. The summed E-state index contributed by atoms with van der Waals surface area (Å²) in [5.41, 5.74) is 0.778. The summed E-state index contributed by atoms with van der Waals surface area (Å²) in [6.07, 6.45) is 1.48. The zero-order chi connectivity index (χ0) is 17.4. The highest BCUT2D eigenvalue weighted by molar-refractivity contribution is 5.83. The van der Waals surface area contributed by atoms with E-state index in [1.54, 1.807) is 32.9 Å². The van der Waals surface area contributed by atoms with Crippen LogP contribution in [0.4, 0.5) is 16.4 Å². The highest BCUT2D eigenvalue weighted by Gasteiger charge is 2.16. The van der Waals surface area contributed by atoms with Gasteiger partial charge in [0.2, 0.25) is 0 Å². The Morgan fingerprint density at radius 1 is 1.04 bits per heavy atom. The molecular formula is C18H24N4O2. The van der Waals surface area contributed by atoms with Crippen LogP contribution in [-0.2, 0) is 11.2 Å². The van der Waals surface area contributed by atoms with Crippen molar-refractivity contribution in [3.63, 3.8) is 0 Å². The number of hydrogen-bond acceptors (Lipinski definition) is 5. The molecule has 1 aromatic carbocycles. The van der Waals surface area contributed by atoms with E-state index in [-0.39, 0.29) is 0 Å². The third-order valence-electron chi connectivity index (χ3n) is 3.08. The Bertz CT molecular complexity index is 636. The Morgan fingerprint density at radius 3 is 2.33 bits per heavy atom. The number of nitrogens with zero attached hydrogens (tertiary/aromatic N) is 2. The van der Waals surface area contributed by atoms with Gasteiger partial charge in [-0.1, -0.05) is 30.3 Å². The smallest absolute Gasteiger partial charge is 0.413 e. The molecule has 0 aliphatic carbocycles. The second-order valence-corrected chi connectivity index (χ2v) is 6.45. The normalized spacial score (nSPS) is 11.0. The maximum absolute atomic E-state index is 11.6. The van der Waals surface area contributed by atoms with Crippen LogP contribution in [0.5, 0.6) is 0 Å². The van der Waals surface area contributed by atoms with Gasteiger partial charge >= 0.3 is 6.09 Å². The molecule has 128 valence electrons. The lowest BCUT2D eigenvalue weighted by molar-refractivity contribution is 0.0635. The van der Waals surface area contributed by atoms with Crippen LogP contribution in [0, 0.1) is 0 Å². The first-order valence-electron chi connectivity index (χ1n) is 8.04. The van der Waals surface area contributed by atoms with Crippen molar-refractivity contribution in [3.8, 4) is 0 Å². The molecule has 2 N–H and O–H groups in total. The summed E-state index contributed by atoms with van der Waals surface area (Å²) in [4.78, 5) is 11.6. The Balaban J connectivity index is 1.73. The van der Waals surface area contributed by atoms with Crippen molar-refractivity contribution >= 4 is 17.7 Å². The standard InChI is InChI=1S/C18H24N4O2/c1-18(2,3)24-17(23)20-16-12-11-15(21-22-16)19-13-7-10-14-8-5-4-6-9-14/h4-6,8-9,11-12H,7,10,13H2,1-3H3,(H,19,21)(H,20,22,23). The second kappa shape index (κ2) is 8.29. The van der Waals surface area contributed by atoms with E-state index in [1.165, 1.54) is 5.56 Å². The lowest BCUT2D eigenvalue weighted by Gasteiger charge is -2.19. The minimum atomic E-state index is -0.544. The topological polar surface area (TPSA) is 76.1 Å². The number of aromatic nitrogens is 2. The maximum Gasteiger partial charge on any atom is 0.413 e. The quantitative estimate of drug-likeness (QED) is 0.787. The molecule has 1 amide bonds. The molecule has 0 unspecified atom stereocenters. The van der Waals surface area contributed by atoms with E-state index < -0.39 is 11.7 Å². The maximum atomic E-state index is 11.6. The Morgan fingerprint density at radius 2 is 1.71 bits per heavy atom. The van der Waals surface area contributed by atoms with Crippen LogP contribution in [0.25, 0.3) is 0 Å². The molecule has 0 saturated heterocycles. The van der Waals surface area contributed by atoms with Crippen LogP contribution in [0.1, 0.15) is 32.8 Å². The van der Waals surface area contributed by atoms with E-state index in [9.17, 15) is 4.79 Å². The van der Waals surface area contributed by atoms with E-state index in [2.05, 4.69) is 33.0 Å². The molecule has 0 bridgehead atoms. The molecule has 2 rings (SSSR count). The predicted molar refractivity (Wildman–Crippen MR) is 95.1 cm³/mol. The lowest BCUT2D eigenvalue weighted by Crippen LogP contribution is -2.27. The number of carbonyl (C=O) groups is 1. The van der Waals surface area contributed by atoms with Gasteiger partial charge in [0.25, 0.3) is 0 Å². The van der Waals surface area contributed by atoms with E-state index >= 15 is 0 Å². The van der Waals surface area contributed by atoms with E-state index in [4.69, 9.17) is 4.74 Å². The summed E-state index contributed by atoms with van der Waals surface area (Å²) in [5, 5.41) is 13.8. The number of carbonyl (C=O) groups excluding carboxylic acids is 1. The summed E-state index contributed by atoms with van der Waals surface area (Å²) < 4.78 is 5.16. The molecule has 0 saturated carbocycles. The fourth-order valence-electron chi connectivity index (χ4n) is 2.06. The average molecular weight is 328 g/mol. The predicted octanol–water partition coefficient (Wildman–Crippen LogP) is 3.87. The molecule has 1 aromatic heterocycles. The first kappa shape index (κ1) is 17.7. The van der Waals surface area contributed by atoms with Crippen molar-refractivity contribution in [1.82, 2.24) is 10.2 Å². The highest BCUT2D eigenvalue weighted by Crippen LogP contribution is 2.11. The van der Waals surface area contributed by atoms with Gasteiger partial charge in [-0.15, -0.1) is 10.2 Å². The van der Waals surface area contributed by atoms with Crippen LogP contribution in [0.15, 0.2) is 42.5 Å². The number of ether oxygens (including phenoxy) is 1. The fourth-order valence-corrected chi connectivity index (χ4v) is 2.06. The Kier molecular flexibility index (Phi) is 6.12. The van der Waals surface area contributed by atoms with Crippen LogP contribution in [0.2, 0.25) is 0 Å². The molecule has 2 aromatic rings. The summed E-state index contributed by atoms with van der Waals surface area (Å²) in [7, 11) is 0. The number of hydrogen-bond donors (Lipinski definition) is 2. The SMILES string of the molecule is CC(C)(C)OC(=O)Nc1ccc(NCCCc2ccccc2)nn1. The van der Waals surface area contributed by atoms with Gasteiger partial charge in [0, 0.05) is 6.54 Å². The van der Waals surface area contributed by atoms with Crippen molar-refractivity contribution in [2.24, 2.45) is 0 Å². The molecule has 0 atom stereocenters. The van der Waals surface area contributed by atoms with Gasteiger partial charge in [-0.2, -0.15) is 0 Å². The van der Waals surface area contributed by atoms with E-state index in [0.29, 0.717) is 11.6 Å². The first-order chi connectivity index (χ1) is 11.4. The molecule has 24 heavy (non-hydrogen) atoms. The average Bonchev–Trinajstić information content (AvgIpc) is 2.52. The molecular weight excluding hydrogens is 304 g/mol. The van der Waals surface area contributed by atoms with Crippen molar-refractivity contribution in [2.45, 2.75) is 39.2 Å². The zero-order valence-corrected chi connectivity index (χ0v) is 14.4. The third kappa shape index (κ3) is 6.64. The molecule has 0 fully saturated rings. The number of anilines is 2. The molecule has 0 aliphatic rings. The fraction of sp³-hybridized carbons (Fsp3) is 0.389. The van der Waals surface area contributed by atoms with Crippen molar-refractivity contribution < 1.29 is 9.53 Å². The van der Waals surface area contributed by atoms with Gasteiger partial charge in [-0.25, -0.2) is 4.79 Å². The Hall–Kier alpha value is -2.63. The van der Waals surface area contributed by atoms with Crippen LogP contribution >= 0.6 is 0 Å². The summed E-state index contributed by atoms with van der Waals surface area (Å²) in [5.74, 6) is 1.04. The monoisotopic (exact) mass is 328 g/mol. The molecule has 0 aliphatic heterocycles. The van der Waals surface area contributed by atoms with Crippen LogP contribution < -0.4 is 10.6 Å². The number of amides is 1. The van der Waals surface area contributed by atoms with Gasteiger partial charge in [0.1, 0.15) is 11.4 Å². The molecule has 1 heterocycles. The minimum absolute atomic E-state index is 0.360. The molecule has 0 radical (unpaired) electrons. The molecule has 6 heteroatoms. The minimum Gasteiger partial charge on any atom is -0.444 e. The van der Waals surface area contributed by atoms with Gasteiger partial charge < -0.3 is 10.1 Å². The summed E-state index contributed by atoms with van der Waals surface area (Å²) in [6.45, 7) is 6.23. The van der Waals surface area contributed by atoms with Crippen LogP contribution in [0.3, 0.4) is 0 Å².